The molecule has 0 bridgehead atoms. The number of methoxy groups -OCH3 is 1. The van der Waals surface area contributed by atoms with E-state index in [1.54, 1.807) is 7.11 Å². The Bertz CT molecular complexity index is 264. The molecule has 1 fully saturated rings. The first-order chi connectivity index (χ1) is 7.27. The zero-order valence-electron chi connectivity index (χ0n) is 9.20. The summed E-state index contributed by atoms with van der Waals surface area (Å²) in [6.07, 6.45) is 9.03. The van der Waals surface area contributed by atoms with Crippen molar-refractivity contribution >= 4 is 5.78 Å². The molecular formula is C12H18O3. The normalized spacial score (nSPS) is 29.9. The first-order valence-electron chi connectivity index (χ1n) is 5.67. The Morgan fingerprint density at radius 2 is 2.13 bits per heavy atom. The monoisotopic (exact) mass is 210 g/mol. The molecule has 0 aromatic rings. The number of rotatable bonds is 2. The van der Waals surface area contributed by atoms with Crippen molar-refractivity contribution in [3.63, 3.8) is 0 Å². The van der Waals surface area contributed by atoms with Gasteiger partial charge in [-0.2, -0.15) is 0 Å². The molecule has 0 radical (unpaired) electrons. The van der Waals surface area contributed by atoms with Gasteiger partial charge < -0.3 is 9.47 Å². The van der Waals surface area contributed by atoms with Gasteiger partial charge in [0, 0.05) is 13.2 Å². The second-order valence-corrected chi connectivity index (χ2v) is 4.43. The summed E-state index contributed by atoms with van der Waals surface area (Å²) in [5, 5.41) is 0. The van der Waals surface area contributed by atoms with Crippen LogP contribution in [0.15, 0.2) is 12.3 Å². The largest absolute Gasteiger partial charge is 0.494 e. The Morgan fingerprint density at radius 1 is 1.40 bits per heavy atom. The molecule has 0 spiro atoms. The fourth-order valence-electron chi connectivity index (χ4n) is 2.63. The molecule has 0 aromatic heterocycles. The van der Waals surface area contributed by atoms with Gasteiger partial charge in [-0.3, -0.25) is 4.79 Å². The van der Waals surface area contributed by atoms with Crippen LogP contribution < -0.4 is 0 Å². The third-order valence-corrected chi connectivity index (χ3v) is 3.58. The van der Waals surface area contributed by atoms with E-state index in [1.807, 2.05) is 0 Å². The third-order valence-electron chi connectivity index (χ3n) is 3.58. The minimum Gasteiger partial charge on any atom is -0.494 e. The average molecular weight is 210 g/mol. The van der Waals surface area contributed by atoms with E-state index in [-0.39, 0.29) is 17.5 Å². The Labute approximate surface area is 90.4 Å². The molecular weight excluding hydrogens is 192 g/mol. The molecule has 1 saturated carbocycles. The Morgan fingerprint density at radius 3 is 2.73 bits per heavy atom. The fraction of sp³-hybridized carbons (Fsp3) is 0.750. The molecule has 1 unspecified atom stereocenters. The summed E-state index contributed by atoms with van der Waals surface area (Å²) in [5.41, 5.74) is -0.224. The van der Waals surface area contributed by atoms with Crippen LogP contribution in [0.25, 0.3) is 0 Å². The van der Waals surface area contributed by atoms with Gasteiger partial charge in [-0.1, -0.05) is 19.3 Å². The highest BCUT2D eigenvalue weighted by Crippen LogP contribution is 2.37. The van der Waals surface area contributed by atoms with Crippen LogP contribution in [0.2, 0.25) is 0 Å². The zero-order valence-corrected chi connectivity index (χ0v) is 9.20. The number of hydrogen-bond acceptors (Lipinski definition) is 3. The molecule has 1 heterocycles. The van der Waals surface area contributed by atoms with E-state index in [2.05, 4.69) is 0 Å². The van der Waals surface area contributed by atoms with E-state index in [4.69, 9.17) is 9.47 Å². The van der Waals surface area contributed by atoms with Crippen LogP contribution in [0.3, 0.4) is 0 Å². The van der Waals surface area contributed by atoms with Crippen molar-refractivity contribution in [2.45, 2.75) is 50.2 Å². The molecule has 0 amide bonds. The van der Waals surface area contributed by atoms with Crippen molar-refractivity contribution in [2.24, 2.45) is 0 Å². The second kappa shape index (κ2) is 4.35. The lowest BCUT2D eigenvalue weighted by Crippen LogP contribution is -2.48. The molecule has 2 aliphatic rings. The average Bonchev–Trinajstić information content (AvgIpc) is 2.30. The van der Waals surface area contributed by atoms with Crippen molar-refractivity contribution in [2.75, 3.05) is 7.11 Å². The first-order valence-corrected chi connectivity index (χ1v) is 5.67. The highest BCUT2D eigenvalue weighted by molar-refractivity contribution is 5.90. The maximum atomic E-state index is 11.4. The Hall–Kier alpha value is -0.830. The smallest absolute Gasteiger partial charge is 0.162 e. The van der Waals surface area contributed by atoms with Crippen molar-refractivity contribution in [1.29, 1.82) is 0 Å². The second-order valence-electron chi connectivity index (χ2n) is 4.43. The predicted octanol–water partition coefficient (Wildman–Crippen LogP) is 2.21. The van der Waals surface area contributed by atoms with Gasteiger partial charge in [0.1, 0.15) is 11.7 Å². The number of carbonyl (C=O) groups is 1. The van der Waals surface area contributed by atoms with Gasteiger partial charge in [-0.05, 0) is 12.8 Å². The molecule has 3 heteroatoms. The van der Waals surface area contributed by atoms with E-state index in [1.165, 1.54) is 31.6 Å². The van der Waals surface area contributed by atoms with Crippen LogP contribution in [-0.2, 0) is 14.3 Å². The van der Waals surface area contributed by atoms with Gasteiger partial charge in [-0.15, -0.1) is 0 Å². The molecule has 15 heavy (non-hydrogen) atoms. The number of carbonyl (C=O) groups excluding carboxylic acids is 1. The zero-order chi connectivity index (χ0) is 10.7. The maximum absolute atomic E-state index is 11.4. The molecule has 84 valence electrons. The van der Waals surface area contributed by atoms with Crippen molar-refractivity contribution in [1.82, 2.24) is 0 Å². The van der Waals surface area contributed by atoms with E-state index in [0.717, 1.165) is 12.8 Å². The molecule has 0 saturated heterocycles. The van der Waals surface area contributed by atoms with Crippen LogP contribution in [-0.4, -0.2) is 24.6 Å². The SMILES string of the molecule is COC1(C2CC(=O)C=CO2)CCCCC1. The van der Waals surface area contributed by atoms with Crippen LogP contribution >= 0.6 is 0 Å². The van der Waals surface area contributed by atoms with E-state index >= 15 is 0 Å². The third kappa shape index (κ3) is 2.07. The van der Waals surface area contributed by atoms with Gasteiger partial charge in [0.05, 0.1) is 12.7 Å². The summed E-state index contributed by atoms with van der Waals surface area (Å²) >= 11 is 0. The van der Waals surface area contributed by atoms with Gasteiger partial charge in [0.25, 0.3) is 0 Å². The summed E-state index contributed by atoms with van der Waals surface area (Å²) in [6, 6.07) is 0. The van der Waals surface area contributed by atoms with Crippen LogP contribution in [0.5, 0.6) is 0 Å². The lowest BCUT2D eigenvalue weighted by atomic mass is 9.78. The molecule has 1 atom stereocenters. The molecule has 1 aliphatic carbocycles. The lowest BCUT2D eigenvalue weighted by molar-refractivity contribution is -0.143. The molecule has 3 nitrogen and oxygen atoms in total. The summed E-state index contributed by atoms with van der Waals surface area (Å²) in [6.45, 7) is 0. The fourth-order valence-corrected chi connectivity index (χ4v) is 2.63. The number of hydrogen-bond donors (Lipinski definition) is 0. The van der Waals surface area contributed by atoms with Gasteiger partial charge in [0.15, 0.2) is 5.78 Å². The Balaban J connectivity index is 2.11. The minimum absolute atomic E-state index is 0.0831. The number of ether oxygens (including phenoxy) is 2. The number of ketones is 1. The van der Waals surface area contributed by atoms with Crippen LogP contribution in [0, 0.1) is 0 Å². The van der Waals surface area contributed by atoms with Crippen LogP contribution in [0.4, 0.5) is 0 Å². The summed E-state index contributed by atoms with van der Waals surface area (Å²) < 4.78 is 11.2. The molecule has 0 aromatic carbocycles. The minimum atomic E-state index is -0.224. The van der Waals surface area contributed by atoms with E-state index < -0.39 is 0 Å². The van der Waals surface area contributed by atoms with Gasteiger partial charge >= 0.3 is 0 Å². The Kier molecular flexibility index (Phi) is 3.10. The summed E-state index contributed by atoms with van der Waals surface area (Å²) in [5.74, 6) is 0.147. The topological polar surface area (TPSA) is 35.5 Å². The van der Waals surface area contributed by atoms with Crippen molar-refractivity contribution in [3.8, 4) is 0 Å². The van der Waals surface area contributed by atoms with E-state index in [9.17, 15) is 4.79 Å². The lowest BCUT2D eigenvalue weighted by Gasteiger charge is -2.42. The predicted molar refractivity (Wildman–Crippen MR) is 56.5 cm³/mol. The van der Waals surface area contributed by atoms with Crippen LogP contribution in [0.1, 0.15) is 38.5 Å². The maximum Gasteiger partial charge on any atom is 0.162 e. The molecule has 0 N–H and O–H groups in total. The summed E-state index contributed by atoms with van der Waals surface area (Å²) in [7, 11) is 1.73. The summed E-state index contributed by atoms with van der Waals surface area (Å²) in [4.78, 5) is 11.4. The molecule has 2 rings (SSSR count). The highest BCUT2D eigenvalue weighted by atomic mass is 16.5. The first kappa shape index (κ1) is 10.7. The quantitative estimate of drug-likeness (QED) is 0.701. The van der Waals surface area contributed by atoms with Crippen molar-refractivity contribution in [3.05, 3.63) is 12.3 Å². The van der Waals surface area contributed by atoms with Crippen molar-refractivity contribution < 1.29 is 14.3 Å². The number of allylic oxidation sites excluding steroid dienone is 1. The van der Waals surface area contributed by atoms with Gasteiger partial charge in [0.2, 0.25) is 0 Å². The molecule has 1 aliphatic heterocycles. The highest BCUT2D eigenvalue weighted by Gasteiger charge is 2.42. The standard InChI is InChI=1S/C12H18O3/c1-14-12(6-3-2-4-7-12)11-9-10(13)5-8-15-11/h5,8,11H,2-4,6-7,9H2,1H3. The van der Waals surface area contributed by atoms with E-state index in [0.29, 0.717) is 6.42 Å². The van der Waals surface area contributed by atoms with Gasteiger partial charge in [-0.25, -0.2) is 0 Å².